The van der Waals surface area contributed by atoms with Gasteiger partial charge in [0.1, 0.15) is 6.61 Å². The molecule has 0 spiro atoms. The van der Waals surface area contributed by atoms with Crippen LogP contribution in [0.15, 0.2) is 29.3 Å². The molecule has 0 saturated heterocycles. The maximum atomic E-state index is 5.58. The molecule has 0 fully saturated rings. The lowest BCUT2D eigenvalue weighted by atomic mass is 10.2. The molecule has 0 amide bonds. The highest BCUT2D eigenvalue weighted by atomic mass is 79.9. The second-order valence-electron chi connectivity index (χ2n) is 3.88. The quantitative estimate of drug-likeness (QED) is 0.558. The second-order valence-corrected chi connectivity index (χ2v) is 4.73. The zero-order valence-electron chi connectivity index (χ0n) is 11.4. The predicted molar refractivity (Wildman–Crippen MR) is 80.0 cm³/mol. The highest BCUT2D eigenvalue weighted by Gasteiger charge is 2.11. The van der Waals surface area contributed by atoms with Gasteiger partial charge >= 0.3 is 0 Å². The molecular weight excluding hydrogens is 310 g/mol. The molecular formula is C14H20BrNO3. The summed E-state index contributed by atoms with van der Waals surface area (Å²) in [7, 11) is 3.32. The molecule has 0 aliphatic carbocycles. The van der Waals surface area contributed by atoms with Crippen LogP contribution in [-0.2, 0) is 11.3 Å². The van der Waals surface area contributed by atoms with Gasteiger partial charge in [-0.1, -0.05) is 12.7 Å². The van der Waals surface area contributed by atoms with Crippen molar-refractivity contribution in [2.75, 3.05) is 34.0 Å². The second kappa shape index (κ2) is 8.96. The zero-order chi connectivity index (χ0) is 14.1. The molecule has 19 heavy (non-hydrogen) atoms. The molecule has 1 rings (SSSR count). The fraction of sp³-hybridized carbons (Fsp3) is 0.429. The molecule has 0 bridgehead atoms. The number of hydrogen-bond acceptors (Lipinski definition) is 4. The molecule has 1 aromatic carbocycles. The fourth-order valence-corrected chi connectivity index (χ4v) is 2.17. The monoisotopic (exact) mass is 329 g/mol. The van der Waals surface area contributed by atoms with Gasteiger partial charge in [-0.15, -0.1) is 0 Å². The molecule has 1 N–H and O–H groups in total. The standard InChI is InChI=1S/C14H20BrNO3/c1-4-6-19-14-12(15)8-11(9-13(14)18-3)10-16-5-7-17-2/h4,8-9,16H,1,5-7,10H2,2-3H3. The van der Waals surface area contributed by atoms with Gasteiger partial charge in [-0.2, -0.15) is 0 Å². The first-order valence-electron chi connectivity index (χ1n) is 6.02. The summed E-state index contributed by atoms with van der Waals surface area (Å²) in [4.78, 5) is 0. The Hall–Kier alpha value is -1.04. The molecule has 0 radical (unpaired) electrons. The SMILES string of the molecule is C=CCOc1c(Br)cc(CNCCOC)cc1OC. The van der Waals surface area contributed by atoms with Crippen LogP contribution in [-0.4, -0.2) is 34.0 Å². The van der Waals surface area contributed by atoms with E-state index in [1.807, 2.05) is 12.1 Å². The Bertz CT molecular complexity index is 410. The third-order valence-corrected chi connectivity index (χ3v) is 3.04. The minimum Gasteiger partial charge on any atom is -0.493 e. The van der Waals surface area contributed by atoms with Crippen molar-refractivity contribution in [3.8, 4) is 11.5 Å². The van der Waals surface area contributed by atoms with E-state index in [2.05, 4.69) is 27.8 Å². The van der Waals surface area contributed by atoms with Crippen molar-refractivity contribution in [2.24, 2.45) is 0 Å². The number of rotatable bonds is 9. The van der Waals surface area contributed by atoms with Gasteiger partial charge in [0.05, 0.1) is 18.2 Å². The van der Waals surface area contributed by atoms with E-state index in [0.29, 0.717) is 24.7 Å². The summed E-state index contributed by atoms with van der Waals surface area (Å²) in [6.07, 6.45) is 1.70. The van der Waals surface area contributed by atoms with Crippen molar-refractivity contribution in [3.63, 3.8) is 0 Å². The van der Waals surface area contributed by atoms with Crippen molar-refractivity contribution < 1.29 is 14.2 Å². The molecule has 5 heteroatoms. The van der Waals surface area contributed by atoms with Crippen LogP contribution in [0.5, 0.6) is 11.5 Å². The number of halogens is 1. The number of ether oxygens (including phenoxy) is 3. The average Bonchev–Trinajstić information content (AvgIpc) is 2.42. The summed E-state index contributed by atoms with van der Waals surface area (Å²) in [5.41, 5.74) is 1.12. The van der Waals surface area contributed by atoms with E-state index in [1.54, 1.807) is 20.3 Å². The van der Waals surface area contributed by atoms with Crippen LogP contribution in [0.1, 0.15) is 5.56 Å². The maximum Gasteiger partial charge on any atom is 0.175 e. The molecule has 4 nitrogen and oxygen atoms in total. The summed E-state index contributed by atoms with van der Waals surface area (Å²) in [5.74, 6) is 1.41. The largest absolute Gasteiger partial charge is 0.493 e. The third kappa shape index (κ3) is 5.22. The Morgan fingerprint density at radius 3 is 2.79 bits per heavy atom. The van der Waals surface area contributed by atoms with Gasteiger partial charge in [0, 0.05) is 20.2 Å². The smallest absolute Gasteiger partial charge is 0.175 e. The molecule has 0 aliphatic rings. The van der Waals surface area contributed by atoms with Crippen molar-refractivity contribution in [3.05, 3.63) is 34.8 Å². The number of hydrogen-bond donors (Lipinski definition) is 1. The van der Waals surface area contributed by atoms with Gasteiger partial charge in [0.25, 0.3) is 0 Å². The lowest BCUT2D eigenvalue weighted by Gasteiger charge is -2.13. The Labute approximate surface area is 122 Å². The van der Waals surface area contributed by atoms with Gasteiger partial charge < -0.3 is 19.5 Å². The summed E-state index contributed by atoms with van der Waals surface area (Å²) < 4.78 is 16.8. The van der Waals surface area contributed by atoms with E-state index in [-0.39, 0.29) is 0 Å². The minimum absolute atomic E-state index is 0.445. The van der Waals surface area contributed by atoms with Gasteiger partial charge in [-0.05, 0) is 33.6 Å². The molecule has 0 saturated carbocycles. The van der Waals surface area contributed by atoms with Gasteiger partial charge in [0.15, 0.2) is 11.5 Å². The summed E-state index contributed by atoms with van der Waals surface area (Å²) >= 11 is 3.50. The van der Waals surface area contributed by atoms with Crippen LogP contribution in [0.4, 0.5) is 0 Å². The van der Waals surface area contributed by atoms with Crippen LogP contribution < -0.4 is 14.8 Å². The number of benzene rings is 1. The van der Waals surface area contributed by atoms with Gasteiger partial charge in [-0.3, -0.25) is 0 Å². The first-order valence-corrected chi connectivity index (χ1v) is 6.82. The van der Waals surface area contributed by atoms with Crippen LogP contribution in [0.25, 0.3) is 0 Å². The van der Waals surface area contributed by atoms with E-state index < -0.39 is 0 Å². The van der Waals surface area contributed by atoms with Crippen molar-refractivity contribution in [2.45, 2.75) is 6.54 Å². The highest BCUT2D eigenvalue weighted by Crippen LogP contribution is 2.36. The maximum absolute atomic E-state index is 5.58. The fourth-order valence-electron chi connectivity index (χ4n) is 1.56. The number of methoxy groups -OCH3 is 2. The van der Waals surface area contributed by atoms with E-state index >= 15 is 0 Å². The van der Waals surface area contributed by atoms with Crippen LogP contribution in [0, 0.1) is 0 Å². The first-order chi connectivity index (χ1) is 9.22. The molecule has 0 aromatic heterocycles. The molecule has 0 aliphatic heterocycles. The van der Waals surface area contributed by atoms with Gasteiger partial charge in [0.2, 0.25) is 0 Å². The molecule has 0 unspecified atom stereocenters. The average molecular weight is 330 g/mol. The Balaban J connectivity index is 2.74. The first kappa shape index (κ1) is 16.0. The van der Waals surface area contributed by atoms with Crippen LogP contribution >= 0.6 is 15.9 Å². The zero-order valence-corrected chi connectivity index (χ0v) is 13.0. The predicted octanol–water partition coefficient (Wildman–Crippen LogP) is 2.76. The van der Waals surface area contributed by atoms with E-state index in [1.165, 1.54) is 0 Å². The lowest BCUT2D eigenvalue weighted by Crippen LogP contribution is -2.18. The van der Waals surface area contributed by atoms with E-state index in [4.69, 9.17) is 14.2 Å². The van der Waals surface area contributed by atoms with E-state index in [9.17, 15) is 0 Å². The lowest BCUT2D eigenvalue weighted by molar-refractivity contribution is 0.199. The molecule has 1 aromatic rings. The molecule has 106 valence electrons. The molecule has 0 atom stereocenters. The van der Waals surface area contributed by atoms with Crippen molar-refractivity contribution in [1.82, 2.24) is 5.32 Å². The Morgan fingerprint density at radius 2 is 2.16 bits per heavy atom. The summed E-state index contributed by atoms with van der Waals surface area (Å²) in [6.45, 7) is 6.33. The van der Waals surface area contributed by atoms with Gasteiger partial charge in [-0.25, -0.2) is 0 Å². The summed E-state index contributed by atoms with van der Waals surface area (Å²) in [5, 5.41) is 3.29. The van der Waals surface area contributed by atoms with Crippen LogP contribution in [0.2, 0.25) is 0 Å². The Morgan fingerprint density at radius 1 is 1.37 bits per heavy atom. The van der Waals surface area contributed by atoms with Crippen molar-refractivity contribution in [1.29, 1.82) is 0 Å². The van der Waals surface area contributed by atoms with E-state index in [0.717, 1.165) is 23.1 Å². The summed E-state index contributed by atoms with van der Waals surface area (Å²) in [6, 6.07) is 3.98. The van der Waals surface area contributed by atoms with Crippen LogP contribution in [0.3, 0.4) is 0 Å². The normalized spacial score (nSPS) is 10.3. The highest BCUT2D eigenvalue weighted by molar-refractivity contribution is 9.10. The Kier molecular flexibility index (Phi) is 7.55. The number of nitrogens with one attached hydrogen (secondary N) is 1. The molecule has 0 heterocycles. The minimum atomic E-state index is 0.445. The third-order valence-electron chi connectivity index (χ3n) is 2.45. The van der Waals surface area contributed by atoms with Crippen molar-refractivity contribution >= 4 is 15.9 Å². The topological polar surface area (TPSA) is 39.7 Å².